The Kier molecular flexibility index (Phi) is 4.74. The summed E-state index contributed by atoms with van der Waals surface area (Å²) in [4.78, 5) is 0. The lowest BCUT2D eigenvalue weighted by atomic mass is 9.86. The van der Waals surface area contributed by atoms with Gasteiger partial charge in [-0.2, -0.15) is 0 Å². The molecule has 2 rings (SSSR count). The van der Waals surface area contributed by atoms with Crippen molar-refractivity contribution in [1.82, 2.24) is 0 Å². The van der Waals surface area contributed by atoms with Crippen LogP contribution >= 0.6 is 15.9 Å². The molecule has 0 atom stereocenters. The maximum absolute atomic E-state index is 9.44. The molecule has 112 valence electrons. The van der Waals surface area contributed by atoms with Gasteiger partial charge in [-0.25, -0.2) is 0 Å². The Bertz CT molecular complexity index is 642. The molecule has 0 aliphatic carbocycles. The SMILES string of the molecule is Cc1cc(C(C)(C)C)ccc1Oc1ccc(Br)cc1CO. The monoisotopic (exact) mass is 348 g/mol. The van der Waals surface area contributed by atoms with Crippen LogP contribution in [0.4, 0.5) is 0 Å². The largest absolute Gasteiger partial charge is 0.457 e. The van der Waals surface area contributed by atoms with Crippen LogP contribution in [-0.2, 0) is 12.0 Å². The molecule has 1 N–H and O–H groups in total. The van der Waals surface area contributed by atoms with Crippen LogP contribution in [0.3, 0.4) is 0 Å². The van der Waals surface area contributed by atoms with Crippen molar-refractivity contribution in [1.29, 1.82) is 0 Å². The topological polar surface area (TPSA) is 29.5 Å². The van der Waals surface area contributed by atoms with Gasteiger partial charge >= 0.3 is 0 Å². The molecule has 21 heavy (non-hydrogen) atoms. The Hall–Kier alpha value is -1.32. The first kappa shape index (κ1) is 16.1. The molecule has 0 aromatic heterocycles. The number of aliphatic hydroxyl groups is 1. The molecule has 2 aromatic carbocycles. The van der Waals surface area contributed by atoms with Gasteiger partial charge < -0.3 is 9.84 Å². The number of benzene rings is 2. The molecular weight excluding hydrogens is 328 g/mol. The number of halogens is 1. The van der Waals surface area contributed by atoms with Gasteiger partial charge in [0.2, 0.25) is 0 Å². The Morgan fingerprint density at radius 2 is 1.71 bits per heavy atom. The molecule has 2 aromatic rings. The zero-order valence-electron chi connectivity index (χ0n) is 12.9. The summed E-state index contributed by atoms with van der Waals surface area (Å²) in [6.07, 6.45) is 0. The van der Waals surface area contributed by atoms with E-state index in [1.54, 1.807) is 0 Å². The van der Waals surface area contributed by atoms with E-state index < -0.39 is 0 Å². The summed E-state index contributed by atoms with van der Waals surface area (Å²) >= 11 is 3.40. The van der Waals surface area contributed by atoms with E-state index in [2.05, 4.69) is 48.8 Å². The van der Waals surface area contributed by atoms with Gasteiger partial charge in [-0.1, -0.05) is 48.8 Å². The summed E-state index contributed by atoms with van der Waals surface area (Å²) in [6.45, 7) is 8.58. The highest BCUT2D eigenvalue weighted by Gasteiger charge is 2.15. The van der Waals surface area contributed by atoms with Gasteiger partial charge in [0.25, 0.3) is 0 Å². The zero-order valence-corrected chi connectivity index (χ0v) is 14.5. The average molecular weight is 349 g/mol. The zero-order chi connectivity index (χ0) is 15.6. The quantitative estimate of drug-likeness (QED) is 0.811. The molecule has 0 radical (unpaired) electrons. The summed E-state index contributed by atoms with van der Waals surface area (Å²) in [5.74, 6) is 1.51. The minimum atomic E-state index is -0.0477. The molecular formula is C18H21BrO2. The standard InChI is InChI=1S/C18H21BrO2/c1-12-9-14(18(2,3)4)5-7-16(12)21-17-8-6-15(19)10-13(17)11-20/h5-10,20H,11H2,1-4H3. The second-order valence-corrected chi connectivity index (χ2v) is 7.16. The minimum absolute atomic E-state index is 0.0477. The maximum Gasteiger partial charge on any atom is 0.133 e. The number of hydrogen-bond acceptors (Lipinski definition) is 2. The van der Waals surface area contributed by atoms with Crippen LogP contribution < -0.4 is 4.74 Å². The highest BCUT2D eigenvalue weighted by molar-refractivity contribution is 9.10. The molecule has 0 aliphatic heterocycles. The van der Waals surface area contributed by atoms with Crippen LogP contribution in [0.5, 0.6) is 11.5 Å². The molecule has 0 saturated carbocycles. The average Bonchev–Trinajstić information content (AvgIpc) is 2.41. The number of ether oxygens (including phenoxy) is 1. The van der Waals surface area contributed by atoms with Gasteiger partial charge in [0.15, 0.2) is 0 Å². The predicted molar refractivity (Wildman–Crippen MR) is 90.0 cm³/mol. The molecule has 3 heteroatoms. The highest BCUT2D eigenvalue weighted by atomic mass is 79.9. The molecule has 0 fully saturated rings. The molecule has 0 saturated heterocycles. The van der Waals surface area contributed by atoms with Crippen molar-refractivity contribution in [2.45, 2.75) is 39.7 Å². The first-order valence-electron chi connectivity index (χ1n) is 6.99. The molecule has 0 amide bonds. The van der Waals surface area contributed by atoms with Gasteiger partial charge in [-0.3, -0.25) is 0 Å². The number of rotatable bonds is 3. The number of hydrogen-bond donors (Lipinski definition) is 1. The lowest BCUT2D eigenvalue weighted by Crippen LogP contribution is -2.11. The van der Waals surface area contributed by atoms with Crippen LogP contribution in [-0.4, -0.2) is 5.11 Å². The van der Waals surface area contributed by atoms with Crippen molar-refractivity contribution < 1.29 is 9.84 Å². The second kappa shape index (κ2) is 6.20. The Morgan fingerprint density at radius 1 is 1.05 bits per heavy atom. The van der Waals surface area contributed by atoms with Gasteiger partial charge in [0.1, 0.15) is 11.5 Å². The van der Waals surface area contributed by atoms with E-state index in [1.807, 2.05) is 31.2 Å². The fourth-order valence-corrected chi connectivity index (χ4v) is 2.53. The summed E-state index contributed by atoms with van der Waals surface area (Å²) in [5, 5.41) is 9.44. The predicted octanol–water partition coefficient (Wildman–Crippen LogP) is 5.34. The summed E-state index contributed by atoms with van der Waals surface area (Å²) in [5.41, 5.74) is 3.26. The van der Waals surface area contributed by atoms with Crippen molar-refractivity contribution >= 4 is 15.9 Å². The maximum atomic E-state index is 9.44. The van der Waals surface area contributed by atoms with E-state index in [-0.39, 0.29) is 12.0 Å². The van der Waals surface area contributed by atoms with Gasteiger partial charge in [-0.05, 0) is 47.7 Å². The van der Waals surface area contributed by atoms with Crippen LogP contribution in [0.2, 0.25) is 0 Å². The molecule has 0 heterocycles. The first-order chi connectivity index (χ1) is 9.81. The van der Waals surface area contributed by atoms with E-state index >= 15 is 0 Å². The smallest absolute Gasteiger partial charge is 0.133 e. The Balaban J connectivity index is 2.32. The lowest BCUT2D eigenvalue weighted by Gasteiger charge is -2.21. The molecule has 0 spiro atoms. The third kappa shape index (κ3) is 3.86. The number of aliphatic hydroxyl groups excluding tert-OH is 1. The summed E-state index contributed by atoms with van der Waals surface area (Å²) in [6, 6.07) is 11.9. The summed E-state index contributed by atoms with van der Waals surface area (Å²) < 4.78 is 6.90. The Morgan fingerprint density at radius 3 is 2.29 bits per heavy atom. The van der Waals surface area contributed by atoms with Gasteiger partial charge in [-0.15, -0.1) is 0 Å². The van der Waals surface area contributed by atoms with Crippen molar-refractivity contribution in [2.75, 3.05) is 0 Å². The van der Waals surface area contributed by atoms with E-state index in [1.165, 1.54) is 5.56 Å². The molecule has 0 unspecified atom stereocenters. The highest BCUT2D eigenvalue weighted by Crippen LogP contribution is 2.32. The summed E-state index contributed by atoms with van der Waals surface area (Å²) in [7, 11) is 0. The van der Waals surface area contributed by atoms with Crippen molar-refractivity contribution in [3.8, 4) is 11.5 Å². The van der Waals surface area contributed by atoms with Gasteiger partial charge in [0.05, 0.1) is 6.61 Å². The van der Waals surface area contributed by atoms with Crippen LogP contribution in [0.15, 0.2) is 40.9 Å². The van der Waals surface area contributed by atoms with Crippen molar-refractivity contribution in [3.63, 3.8) is 0 Å². The van der Waals surface area contributed by atoms with Crippen LogP contribution in [0.1, 0.15) is 37.5 Å². The number of aryl methyl sites for hydroxylation is 1. The molecule has 2 nitrogen and oxygen atoms in total. The second-order valence-electron chi connectivity index (χ2n) is 6.24. The van der Waals surface area contributed by atoms with Crippen molar-refractivity contribution in [2.24, 2.45) is 0 Å². The normalized spacial score (nSPS) is 11.5. The fraction of sp³-hybridized carbons (Fsp3) is 0.333. The van der Waals surface area contributed by atoms with Crippen LogP contribution in [0, 0.1) is 6.92 Å². The van der Waals surface area contributed by atoms with Gasteiger partial charge in [0, 0.05) is 10.0 Å². The molecule has 0 aliphatic rings. The lowest BCUT2D eigenvalue weighted by molar-refractivity contribution is 0.276. The van der Waals surface area contributed by atoms with E-state index in [0.717, 1.165) is 21.3 Å². The fourth-order valence-electron chi connectivity index (χ4n) is 2.12. The molecule has 0 bridgehead atoms. The Labute approximate surface area is 134 Å². The first-order valence-corrected chi connectivity index (χ1v) is 7.79. The third-order valence-corrected chi connectivity index (χ3v) is 3.95. The third-order valence-electron chi connectivity index (χ3n) is 3.45. The van der Waals surface area contributed by atoms with Crippen molar-refractivity contribution in [3.05, 3.63) is 57.6 Å². The van der Waals surface area contributed by atoms with Crippen LogP contribution in [0.25, 0.3) is 0 Å². The van der Waals surface area contributed by atoms with E-state index in [4.69, 9.17) is 4.74 Å². The van der Waals surface area contributed by atoms with E-state index in [9.17, 15) is 5.11 Å². The van der Waals surface area contributed by atoms with E-state index in [0.29, 0.717) is 5.75 Å². The minimum Gasteiger partial charge on any atom is -0.457 e.